The van der Waals surface area contributed by atoms with Crippen molar-refractivity contribution < 1.29 is 8.78 Å². The van der Waals surface area contributed by atoms with Gasteiger partial charge >= 0.3 is 0 Å². The highest BCUT2D eigenvalue weighted by atomic mass is 79.9. The standard InChI is InChI=1S/C18H19BrF2N2/c1-4-23(3)11-22-18-10-16(21)8-13(12(18)2)7-14-9-15(20)5-6-17(14)19/h5-6,8-11H,4,7H2,1-3H3. The first-order valence-corrected chi connectivity index (χ1v) is 8.17. The minimum absolute atomic E-state index is 0.305. The second-order valence-corrected chi connectivity index (χ2v) is 6.29. The predicted molar refractivity (Wildman–Crippen MR) is 94.5 cm³/mol. The lowest BCUT2D eigenvalue weighted by molar-refractivity contribution is 0.552. The Hall–Kier alpha value is -1.75. The maximum atomic E-state index is 13.9. The maximum Gasteiger partial charge on any atom is 0.125 e. The lowest BCUT2D eigenvalue weighted by Gasteiger charge is -2.12. The smallest absolute Gasteiger partial charge is 0.125 e. The molecule has 0 saturated carbocycles. The van der Waals surface area contributed by atoms with Crippen LogP contribution < -0.4 is 0 Å². The van der Waals surface area contributed by atoms with Crippen molar-refractivity contribution in [2.24, 2.45) is 4.99 Å². The second-order valence-electron chi connectivity index (χ2n) is 5.44. The van der Waals surface area contributed by atoms with Gasteiger partial charge in [-0.05, 0) is 67.3 Å². The first-order valence-electron chi connectivity index (χ1n) is 7.38. The Morgan fingerprint density at radius 1 is 1.13 bits per heavy atom. The average molecular weight is 381 g/mol. The van der Waals surface area contributed by atoms with Crippen molar-refractivity contribution in [2.75, 3.05) is 13.6 Å². The third-order valence-corrected chi connectivity index (χ3v) is 4.51. The molecule has 0 amide bonds. The Morgan fingerprint density at radius 3 is 2.52 bits per heavy atom. The molecule has 0 atom stereocenters. The van der Waals surface area contributed by atoms with Crippen LogP contribution in [0.25, 0.3) is 0 Å². The van der Waals surface area contributed by atoms with Crippen molar-refractivity contribution in [1.29, 1.82) is 0 Å². The van der Waals surface area contributed by atoms with Crippen LogP contribution in [0.5, 0.6) is 0 Å². The summed E-state index contributed by atoms with van der Waals surface area (Å²) in [6, 6.07) is 7.41. The van der Waals surface area contributed by atoms with E-state index in [4.69, 9.17) is 0 Å². The number of halogens is 3. The fourth-order valence-corrected chi connectivity index (χ4v) is 2.55. The Bertz CT molecular complexity index is 729. The van der Waals surface area contributed by atoms with Crippen molar-refractivity contribution in [2.45, 2.75) is 20.3 Å². The molecular weight excluding hydrogens is 362 g/mol. The molecule has 0 heterocycles. The third kappa shape index (κ3) is 4.61. The summed E-state index contributed by atoms with van der Waals surface area (Å²) in [5.41, 5.74) is 3.05. The molecule has 0 bridgehead atoms. The van der Waals surface area contributed by atoms with E-state index in [2.05, 4.69) is 20.9 Å². The summed E-state index contributed by atoms with van der Waals surface area (Å²) in [4.78, 5) is 6.26. The number of nitrogens with zero attached hydrogens (tertiary/aromatic N) is 2. The lowest BCUT2D eigenvalue weighted by atomic mass is 9.99. The van der Waals surface area contributed by atoms with E-state index in [0.29, 0.717) is 12.1 Å². The maximum absolute atomic E-state index is 13.9. The zero-order valence-electron chi connectivity index (χ0n) is 13.4. The van der Waals surface area contributed by atoms with E-state index in [0.717, 1.165) is 27.7 Å². The Morgan fingerprint density at radius 2 is 1.83 bits per heavy atom. The van der Waals surface area contributed by atoms with E-state index in [1.807, 2.05) is 25.8 Å². The first kappa shape index (κ1) is 17.6. The minimum Gasteiger partial charge on any atom is -0.366 e. The van der Waals surface area contributed by atoms with Crippen molar-refractivity contribution in [1.82, 2.24) is 4.90 Å². The van der Waals surface area contributed by atoms with Gasteiger partial charge in [0.25, 0.3) is 0 Å². The summed E-state index contributed by atoms with van der Waals surface area (Å²) in [7, 11) is 1.91. The van der Waals surface area contributed by atoms with Crippen molar-refractivity contribution in [3.8, 4) is 0 Å². The molecule has 0 aliphatic carbocycles. The normalized spacial score (nSPS) is 11.2. The summed E-state index contributed by atoms with van der Waals surface area (Å²) >= 11 is 3.41. The molecular formula is C18H19BrF2N2. The van der Waals surface area contributed by atoms with Crippen LogP contribution >= 0.6 is 15.9 Å². The lowest BCUT2D eigenvalue weighted by Crippen LogP contribution is -2.14. The van der Waals surface area contributed by atoms with Gasteiger partial charge in [0.05, 0.1) is 12.0 Å². The van der Waals surface area contributed by atoms with E-state index in [-0.39, 0.29) is 11.6 Å². The Balaban J connectivity index is 2.37. The highest BCUT2D eigenvalue weighted by Gasteiger charge is 2.10. The van der Waals surface area contributed by atoms with Crippen LogP contribution in [0.1, 0.15) is 23.6 Å². The van der Waals surface area contributed by atoms with Gasteiger partial charge in [-0.2, -0.15) is 0 Å². The molecule has 0 unspecified atom stereocenters. The van der Waals surface area contributed by atoms with Crippen molar-refractivity contribution in [3.63, 3.8) is 0 Å². The molecule has 0 N–H and O–H groups in total. The molecule has 23 heavy (non-hydrogen) atoms. The van der Waals surface area contributed by atoms with Gasteiger partial charge in [0.15, 0.2) is 0 Å². The van der Waals surface area contributed by atoms with E-state index in [1.54, 1.807) is 12.4 Å². The molecule has 5 heteroatoms. The Kier molecular flexibility index (Phi) is 5.88. The van der Waals surface area contributed by atoms with E-state index in [1.165, 1.54) is 24.3 Å². The largest absolute Gasteiger partial charge is 0.366 e. The molecule has 2 rings (SSSR count). The van der Waals surface area contributed by atoms with Gasteiger partial charge < -0.3 is 4.90 Å². The van der Waals surface area contributed by atoms with Crippen LogP contribution in [0.2, 0.25) is 0 Å². The van der Waals surface area contributed by atoms with Crippen LogP contribution in [0.4, 0.5) is 14.5 Å². The highest BCUT2D eigenvalue weighted by Crippen LogP contribution is 2.28. The van der Waals surface area contributed by atoms with Crippen molar-refractivity contribution >= 4 is 28.0 Å². The van der Waals surface area contributed by atoms with Crippen LogP contribution in [0.15, 0.2) is 39.8 Å². The fraction of sp³-hybridized carbons (Fsp3) is 0.278. The molecule has 122 valence electrons. The topological polar surface area (TPSA) is 15.6 Å². The summed E-state index contributed by atoms with van der Waals surface area (Å²) in [5.74, 6) is -0.649. The molecule has 2 aromatic rings. The molecule has 0 saturated heterocycles. The van der Waals surface area contributed by atoms with Crippen LogP contribution in [0, 0.1) is 18.6 Å². The van der Waals surface area contributed by atoms with Gasteiger partial charge in [0.1, 0.15) is 11.6 Å². The molecule has 0 fully saturated rings. The second kappa shape index (κ2) is 7.68. The van der Waals surface area contributed by atoms with Crippen LogP contribution in [-0.4, -0.2) is 24.8 Å². The quantitative estimate of drug-likeness (QED) is 0.511. The van der Waals surface area contributed by atoms with E-state index in [9.17, 15) is 8.78 Å². The minimum atomic E-state index is -0.343. The molecule has 0 radical (unpaired) electrons. The van der Waals surface area contributed by atoms with Crippen LogP contribution in [0.3, 0.4) is 0 Å². The summed E-state index contributed by atoms with van der Waals surface area (Å²) in [6.07, 6.45) is 2.12. The number of hydrogen-bond donors (Lipinski definition) is 0. The molecule has 0 spiro atoms. The van der Waals surface area contributed by atoms with E-state index >= 15 is 0 Å². The zero-order valence-corrected chi connectivity index (χ0v) is 15.0. The number of hydrogen-bond acceptors (Lipinski definition) is 1. The average Bonchev–Trinajstić information content (AvgIpc) is 2.52. The molecule has 0 aliphatic heterocycles. The SMILES string of the molecule is CCN(C)C=Nc1cc(F)cc(Cc2cc(F)ccc2Br)c1C. The number of aliphatic imine (C=N–C) groups is 1. The number of rotatable bonds is 5. The van der Waals surface area contributed by atoms with Gasteiger partial charge in [-0.25, -0.2) is 13.8 Å². The molecule has 2 nitrogen and oxygen atoms in total. The third-order valence-electron chi connectivity index (χ3n) is 3.73. The highest BCUT2D eigenvalue weighted by molar-refractivity contribution is 9.10. The Labute approximate surface area is 144 Å². The van der Waals surface area contributed by atoms with E-state index < -0.39 is 0 Å². The summed E-state index contributed by atoms with van der Waals surface area (Å²) < 4.78 is 28.2. The van der Waals surface area contributed by atoms with Crippen molar-refractivity contribution in [3.05, 3.63) is 63.1 Å². The summed E-state index contributed by atoms with van der Waals surface area (Å²) in [5, 5.41) is 0. The monoisotopic (exact) mass is 380 g/mol. The number of benzene rings is 2. The van der Waals surface area contributed by atoms with Gasteiger partial charge in [0.2, 0.25) is 0 Å². The first-order chi connectivity index (χ1) is 10.9. The van der Waals surface area contributed by atoms with Gasteiger partial charge in [0, 0.05) is 18.1 Å². The predicted octanol–water partition coefficient (Wildman–Crippen LogP) is 5.24. The molecule has 2 aromatic carbocycles. The molecule has 0 aliphatic rings. The zero-order chi connectivity index (χ0) is 17.0. The van der Waals surface area contributed by atoms with Gasteiger partial charge in [-0.3, -0.25) is 0 Å². The van der Waals surface area contributed by atoms with Gasteiger partial charge in [-0.15, -0.1) is 0 Å². The summed E-state index contributed by atoms with van der Waals surface area (Å²) in [6.45, 7) is 4.74. The van der Waals surface area contributed by atoms with Crippen LogP contribution in [-0.2, 0) is 6.42 Å². The molecule has 0 aromatic heterocycles. The van der Waals surface area contributed by atoms with Gasteiger partial charge in [-0.1, -0.05) is 15.9 Å². The fourth-order valence-electron chi connectivity index (χ4n) is 2.16.